The molecule has 72 valence electrons. The van der Waals surface area contributed by atoms with Gasteiger partial charge in [-0.2, -0.15) is 0 Å². The average molecular weight is 181 g/mol. The molecule has 0 aliphatic carbocycles. The maximum absolute atomic E-state index is 5.78. The monoisotopic (exact) mass is 181 g/mol. The van der Waals surface area contributed by atoms with E-state index in [9.17, 15) is 0 Å². The zero-order valence-electron chi connectivity index (χ0n) is 8.20. The highest BCUT2D eigenvalue weighted by Crippen LogP contribution is 2.33. The van der Waals surface area contributed by atoms with Crippen molar-refractivity contribution >= 4 is 0 Å². The minimum atomic E-state index is -0.0509. The molecule has 0 aliphatic rings. The van der Waals surface area contributed by atoms with Gasteiger partial charge in [0.15, 0.2) is 11.5 Å². The van der Waals surface area contributed by atoms with Gasteiger partial charge in [0.05, 0.1) is 14.2 Å². The van der Waals surface area contributed by atoms with Gasteiger partial charge >= 0.3 is 0 Å². The van der Waals surface area contributed by atoms with Crippen LogP contribution in [-0.2, 0) is 0 Å². The molecule has 0 fully saturated rings. The van der Waals surface area contributed by atoms with E-state index in [4.69, 9.17) is 15.2 Å². The van der Waals surface area contributed by atoms with E-state index in [1.807, 2.05) is 25.1 Å². The van der Waals surface area contributed by atoms with Gasteiger partial charge in [-0.05, 0) is 13.0 Å². The summed E-state index contributed by atoms with van der Waals surface area (Å²) in [5, 5.41) is 0. The Morgan fingerprint density at radius 3 is 2.38 bits per heavy atom. The van der Waals surface area contributed by atoms with Crippen LogP contribution in [0.3, 0.4) is 0 Å². The molecule has 0 radical (unpaired) electrons. The molecule has 0 bridgehead atoms. The van der Waals surface area contributed by atoms with Gasteiger partial charge in [0.2, 0.25) is 0 Å². The van der Waals surface area contributed by atoms with Crippen LogP contribution in [0.2, 0.25) is 0 Å². The van der Waals surface area contributed by atoms with Gasteiger partial charge < -0.3 is 15.2 Å². The number of rotatable bonds is 3. The highest BCUT2D eigenvalue weighted by Gasteiger charge is 2.11. The van der Waals surface area contributed by atoms with Gasteiger partial charge in [0.1, 0.15) is 0 Å². The summed E-state index contributed by atoms with van der Waals surface area (Å²) in [5.41, 5.74) is 6.74. The third kappa shape index (κ3) is 1.92. The van der Waals surface area contributed by atoms with Gasteiger partial charge in [-0.15, -0.1) is 0 Å². The average Bonchev–Trinajstić information content (AvgIpc) is 2.16. The van der Waals surface area contributed by atoms with Crippen molar-refractivity contribution in [3.8, 4) is 11.5 Å². The summed E-state index contributed by atoms with van der Waals surface area (Å²) in [7, 11) is 3.23. The highest BCUT2D eigenvalue weighted by atomic mass is 16.5. The lowest BCUT2D eigenvalue weighted by Gasteiger charge is -2.14. The number of nitrogens with two attached hydrogens (primary N) is 1. The van der Waals surface area contributed by atoms with Crippen LogP contribution in [0.25, 0.3) is 0 Å². The zero-order chi connectivity index (χ0) is 9.84. The molecule has 3 nitrogen and oxygen atoms in total. The molecule has 2 N–H and O–H groups in total. The van der Waals surface area contributed by atoms with E-state index in [1.54, 1.807) is 14.2 Å². The molecule has 0 saturated carbocycles. The molecule has 0 amide bonds. The number of methoxy groups -OCH3 is 2. The Kier molecular flexibility index (Phi) is 3.14. The first kappa shape index (κ1) is 9.86. The van der Waals surface area contributed by atoms with E-state index in [0.29, 0.717) is 0 Å². The maximum atomic E-state index is 5.78. The smallest absolute Gasteiger partial charge is 0.165 e. The summed E-state index contributed by atoms with van der Waals surface area (Å²) < 4.78 is 10.4. The number of hydrogen-bond donors (Lipinski definition) is 1. The summed E-state index contributed by atoms with van der Waals surface area (Å²) in [6, 6.07) is 5.64. The van der Waals surface area contributed by atoms with Crippen molar-refractivity contribution in [3.63, 3.8) is 0 Å². The van der Waals surface area contributed by atoms with Gasteiger partial charge in [-0.3, -0.25) is 0 Å². The van der Waals surface area contributed by atoms with Crippen molar-refractivity contribution in [2.75, 3.05) is 14.2 Å². The van der Waals surface area contributed by atoms with Gasteiger partial charge in [0.25, 0.3) is 0 Å². The summed E-state index contributed by atoms with van der Waals surface area (Å²) in [6.07, 6.45) is 0. The van der Waals surface area contributed by atoms with E-state index in [-0.39, 0.29) is 6.04 Å². The fourth-order valence-corrected chi connectivity index (χ4v) is 1.27. The molecule has 1 aromatic carbocycles. The van der Waals surface area contributed by atoms with E-state index < -0.39 is 0 Å². The first-order valence-electron chi connectivity index (χ1n) is 4.17. The molecule has 0 spiro atoms. The second-order valence-corrected chi connectivity index (χ2v) is 2.87. The Bertz CT molecular complexity index is 284. The normalized spacial score (nSPS) is 12.3. The van der Waals surface area contributed by atoms with Crippen LogP contribution in [0.4, 0.5) is 0 Å². The number of ether oxygens (including phenoxy) is 2. The van der Waals surface area contributed by atoms with Gasteiger partial charge in [-0.25, -0.2) is 0 Å². The lowest BCUT2D eigenvalue weighted by molar-refractivity contribution is 0.350. The van der Waals surface area contributed by atoms with Crippen molar-refractivity contribution in [2.24, 2.45) is 5.73 Å². The molecule has 0 aliphatic heterocycles. The molecule has 0 saturated heterocycles. The molecule has 1 aromatic rings. The SMILES string of the molecule is COc1cccc([C@@H](C)N)c1OC. The molecule has 13 heavy (non-hydrogen) atoms. The molecule has 0 heterocycles. The Hall–Kier alpha value is -1.22. The molecule has 3 heteroatoms. The standard InChI is InChI=1S/C10H15NO2/c1-7(11)8-5-4-6-9(12-2)10(8)13-3/h4-7H,11H2,1-3H3/t7-/m1/s1. The molecular weight excluding hydrogens is 166 g/mol. The van der Waals surface area contributed by atoms with E-state index >= 15 is 0 Å². The fraction of sp³-hybridized carbons (Fsp3) is 0.400. The fourth-order valence-electron chi connectivity index (χ4n) is 1.27. The van der Waals surface area contributed by atoms with Crippen molar-refractivity contribution in [2.45, 2.75) is 13.0 Å². The van der Waals surface area contributed by atoms with Crippen LogP contribution >= 0.6 is 0 Å². The van der Waals surface area contributed by atoms with Gasteiger partial charge in [-0.1, -0.05) is 12.1 Å². The van der Waals surface area contributed by atoms with Crippen molar-refractivity contribution in [1.29, 1.82) is 0 Å². The quantitative estimate of drug-likeness (QED) is 0.772. The van der Waals surface area contributed by atoms with E-state index in [0.717, 1.165) is 17.1 Å². The summed E-state index contributed by atoms with van der Waals surface area (Å²) in [4.78, 5) is 0. The topological polar surface area (TPSA) is 44.5 Å². The number of hydrogen-bond acceptors (Lipinski definition) is 3. The van der Waals surface area contributed by atoms with Gasteiger partial charge in [0, 0.05) is 11.6 Å². The molecule has 0 unspecified atom stereocenters. The first-order chi connectivity index (χ1) is 6.20. The largest absolute Gasteiger partial charge is 0.493 e. The van der Waals surface area contributed by atoms with E-state index in [2.05, 4.69) is 0 Å². The lowest BCUT2D eigenvalue weighted by atomic mass is 10.1. The Balaban J connectivity index is 3.19. The van der Waals surface area contributed by atoms with E-state index in [1.165, 1.54) is 0 Å². The van der Waals surface area contributed by atoms with Crippen LogP contribution in [-0.4, -0.2) is 14.2 Å². The van der Waals surface area contributed by atoms with Crippen molar-refractivity contribution in [3.05, 3.63) is 23.8 Å². The third-order valence-corrected chi connectivity index (χ3v) is 1.92. The zero-order valence-corrected chi connectivity index (χ0v) is 8.20. The van der Waals surface area contributed by atoms with Crippen LogP contribution in [0, 0.1) is 0 Å². The molecular formula is C10H15NO2. The molecule has 1 atom stereocenters. The lowest BCUT2D eigenvalue weighted by Crippen LogP contribution is -2.07. The van der Waals surface area contributed by atoms with Crippen molar-refractivity contribution in [1.82, 2.24) is 0 Å². The van der Waals surface area contributed by atoms with Crippen LogP contribution in [0.1, 0.15) is 18.5 Å². The summed E-state index contributed by atoms with van der Waals surface area (Å²) in [5.74, 6) is 1.44. The third-order valence-electron chi connectivity index (χ3n) is 1.92. The van der Waals surface area contributed by atoms with Crippen LogP contribution < -0.4 is 15.2 Å². The highest BCUT2D eigenvalue weighted by molar-refractivity contribution is 5.47. The number of benzene rings is 1. The Labute approximate surface area is 78.5 Å². The predicted molar refractivity (Wildman–Crippen MR) is 52.1 cm³/mol. The molecule has 1 rings (SSSR count). The Morgan fingerprint density at radius 1 is 1.23 bits per heavy atom. The maximum Gasteiger partial charge on any atom is 0.165 e. The summed E-state index contributed by atoms with van der Waals surface area (Å²) >= 11 is 0. The summed E-state index contributed by atoms with van der Waals surface area (Å²) in [6.45, 7) is 1.91. The Morgan fingerprint density at radius 2 is 1.92 bits per heavy atom. The predicted octanol–water partition coefficient (Wildman–Crippen LogP) is 1.72. The minimum absolute atomic E-state index is 0.0509. The second kappa shape index (κ2) is 4.14. The molecule has 0 aromatic heterocycles. The number of para-hydroxylation sites is 1. The van der Waals surface area contributed by atoms with Crippen molar-refractivity contribution < 1.29 is 9.47 Å². The minimum Gasteiger partial charge on any atom is -0.493 e. The second-order valence-electron chi connectivity index (χ2n) is 2.87. The van der Waals surface area contributed by atoms with Crippen LogP contribution in [0.15, 0.2) is 18.2 Å². The first-order valence-corrected chi connectivity index (χ1v) is 4.17. The van der Waals surface area contributed by atoms with Crippen LogP contribution in [0.5, 0.6) is 11.5 Å².